The van der Waals surface area contributed by atoms with Gasteiger partial charge in [-0.15, -0.1) is 0 Å². The number of piperazine rings is 1. The van der Waals surface area contributed by atoms with E-state index in [1.54, 1.807) is 0 Å². The van der Waals surface area contributed by atoms with Gasteiger partial charge in [0, 0.05) is 24.7 Å². The molecule has 2 nitrogen and oxygen atoms in total. The fourth-order valence-corrected chi connectivity index (χ4v) is 3.53. The summed E-state index contributed by atoms with van der Waals surface area (Å²) in [6.07, 6.45) is 11.2. The Balaban J connectivity index is 2.26. The van der Waals surface area contributed by atoms with Crippen LogP contribution in [0, 0.1) is 5.92 Å². The van der Waals surface area contributed by atoms with Gasteiger partial charge in [-0.2, -0.15) is 0 Å². The molecular formula is C19H40N2. The number of unbranched alkanes of at least 4 members (excludes halogenated alkanes) is 6. The Hall–Kier alpha value is -0.0800. The number of hydrogen-bond donors (Lipinski definition) is 1. The van der Waals surface area contributed by atoms with Crippen molar-refractivity contribution in [3.05, 3.63) is 0 Å². The van der Waals surface area contributed by atoms with Gasteiger partial charge in [0.25, 0.3) is 0 Å². The van der Waals surface area contributed by atoms with Crippen molar-refractivity contribution >= 4 is 0 Å². The van der Waals surface area contributed by atoms with Crippen LogP contribution in [-0.2, 0) is 0 Å². The predicted molar refractivity (Wildman–Crippen MR) is 94.9 cm³/mol. The van der Waals surface area contributed by atoms with E-state index in [4.69, 9.17) is 0 Å². The highest BCUT2D eigenvalue weighted by atomic mass is 15.2. The van der Waals surface area contributed by atoms with Gasteiger partial charge < -0.3 is 5.32 Å². The van der Waals surface area contributed by atoms with E-state index in [0.717, 1.165) is 12.0 Å². The first-order chi connectivity index (χ1) is 9.94. The van der Waals surface area contributed by atoms with Crippen molar-refractivity contribution in [2.24, 2.45) is 5.92 Å². The third-order valence-electron chi connectivity index (χ3n) is 4.72. The molecule has 0 amide bonds. The summed E-state index contributed by atoms with van der Waals surface area (Å²) in [5, 5.41) is 3.73. The average Bonchev–Trinajstić information content (AvgIpc) is 2.40. The van der Waals surface area contributed by atoms with E-state index in [1.807, 2.05) is 0 Å². The lowest BCUT2D eigenvalue weighted by Crippen LogP contribution is -2.61. The fraction of sp³-hybridized carbons (Fsp3) is 1.00. The highest BCUT2D eigenvalue weighted by Crippen LogP contribution is 2.21. The minimum atomic E-state index is 0.286. The highest BCUT2D eigenvalue weighted by Gasteiger charge is 2.32. The normalized spacial score (nSPS) is 22.9. The molecule has 1 saturated heterocycles. The molecule has 0 spiro atoms. The molecule has 1 N–H and O–H groups in total. The molecule has 0 aliphatic carbocycles. The highest BCUT2D eigenvalue weighted by molar-refractivity contribution is 4.92. The molecule has 1 aliphatic rings. The molecule has 0 bridgehead atoms. The Morgan fingerprint density at radius 3 is 2.29 bits per heavy atom. The summed E-state index contributed by atoms with van der Waals surface area (Å²) in [5.41, 5.74) is 0.286. The van der Waals surface area contributed by atoms with Crippen molar-refractivity contribution in [2.75, 3.05) is 19.6 Å². The van der Waals surface area contributed by atoms with Crippen molar-refractivity contribution in [1.82, 2.24) is 10.2 Å². The maximum atomic E-state index is 3.73. The smallest absolute Gasteiger partial charge is 0.0252 e. The van der Waals surface area contributed by atoms with Gasteiger partial charge in [0.2, 0.25) is 0 Å². The van der Waals surface area contributed by atoms with Crippen LogP contribution in [0.3, 0.4) is 0 Å². The summed E-state index contributed by atoms with van der Waals surface area (Å²) in [6.45, 7) is 15.4. The molecule has 21 heavy (non-hydrogen) atoms. The van der Waals surface area contributed by atoms with Crippen LogP contribution < -0.4 is 5.32 Å². The molecule has 1 rings (SSSR count). The lowest BCUT2D eigenvalue weighted by molar-refractivity contribution is 0.0809. The number of nitrogens with one attached hydrogen (secondary N) is 1. The second-order valence-electron chi connectivity index (χ2n) is 8.14. The third-order valence-corrected chi connectivity index (χ3v) is 4.72. The average molecular weight is 297 g/mol. The molecule has 1 unspecified atom stereocenters. The van der Waals surface area contributed by atoms with Crippen LogP contribution in [0.15, 0.2) is 0 Å². The molecule has 1 atom stereocenters. The lowest BCUT2D eigenvalue weighted by Gasteiger charge is -2.45. The van der Waals surface area contributed by atoms with E-state index in [9.17, 15) is 0 Å². The van der Waals surface area contributed by atoms with Crippen LogP contribution in [0.4, 0.5) is 0 Å². The van der Waals surface area contributed by atoms with Gasteiger partial charge in [-0.25, -0.2) is 0 Å². The molecule has 0 aromatic carbocycles. The SMILES string of the molecule is CCCCCCCCCN1CC(C)(C)NCC1CC(C)C. The van der Waals surface area contributed by atoms with Gasteiger partial charge in [-0.3, -0.25) is 4.90 Å². The first-order valence-corrected chi connectivity index (χ1v) is 9.43. The van der Waals surface area contributed by atoms with Gasteiger partial charge in [0.1, 0.15) is 0 Å². The lowest BCUT2D eigenvalue weighted by atomic mass is 9.93. The minimum Gasteiger partial charge on any atom is -0.309 e. The Kier molecular flexibility index (Phi) is 8.89. The largest absolute Gasteiger partial charge is 0.309 e. The maximum absolute atomic E-state index is 3.73. The summed E-state index contributed by atoms with van der Waals surface area (Å²) in [5.74, 6) is 0.801. The summed E-state index contributed by atoms with van der Waals surface area (Å²) >= 11 is 0. The third kappa shape index (κ3) is 8.21. The summed E-state index contributed by atoms with van der Waals surface area (Å²) < 4.78 is 0. The van der Waals surface area contributed by atoms with Crippen molar-refractivity contribution in [3.63, 3.8) is 0 Å². The molecule has 1 heterocycles. The molecule has 126 valence electrons. The summed E-state index contributed by atoms with van der Waals surface area (Å²) in [6, 6.07) is 0.748. The Labute approximate surface area is 134 Å². The molecule has 1 aliphatic heterocycles. The van der Waals surface area contributed by atoms with Crippen LogP contribution in [-0.4, -0.2) is 36.1 Å². The summed E-state index contributed by atoms with van der Waals surface area (Å²) in [7, 11) is 0. The second kappa shape index (κ2) is 9.84. The molecule has 0 aromatic heterocycles. The van der Waals surface area contributed by atoms with Gasteiger partial charge in [0.05, 0.1) is 0 Å². The summed E-state index contributed by atoms with van der Waals surface area (Å²) in [4.78, 5) is 2.77. The first kappa shape index (κ1) is 19.0. The van der Waals surface area contributed by atoms with Gasteiger partial charge in [-0.05, 0) is 39.2 Å². The van der Waals surface area contributed by atoms with Crippen molar-refractivity contribution in [2.45, 2.75) is 97.6 Å². The van der Waals surface area contributed by atoms with E-state index < -0.39 is 0 Å². The van der Waals surface area contributed by atoms with E-state index in [1.165, 1.54) is 71.0 Å². The monoisotopic (exact) mass is 296 g/mol. The quantitative estimate of drug-likeness (QED) is 0.581. The molecule has 0 saturated carbocycles. The van der Waals surface area contributed by atoms with E-state index in [-0.39, 0.29) is 5.54 Å². The number of hydrogen-bond acceptors (Lipinski definition) is 2. The zero-order valence-electron chi connectivity index (χ0n) is 15.4. The maximum Gasteiger partial charge on any atom is 0.0252 e. The number of rotatable bonds is 10. The zero-order valence-corrected chi connectivity index (χ0v) is 15.4. The Morgan fingerprint density at radius 1 is 1.05 bits per heavy atom. The molecule has 2 heteroatoms. The van der Waals surface area contributed by atoms with E-state index in [2.05, 4.69) is 44.8 Å². The Morgan fingerprint density at radius 2 is 1.67 bits per heavy atom. The van der Waals surface area contributed by atoms with Crippen LogP contribution in [0.1, 0.15) is 86.0 Å². The fourth-order valence-electron chi connectivity index (χ4n) is 3.53. The van der Waals surface area contributed by atoms with Gasteiger partial charge in [0.15, 0.2) is 0 Å². The molecular weight excluding hydrogens is 256 g/mol. The molecule has 0 radical (unpaired) electrons. The van der Waals surface area contributed by atoms with Crippen LogP contribution in [0.25, 0.3) is 0 Å². The molecule has 0 aromatic rings. The molecule has 1 fully saturated rings. The first-order valence-electron chi connectivity index (χ1n) is 9.43. The zero-order chi connectivity index (χ0) is 15.7. The van der Waals surface area contributed by atoms with Crippen molar-refractivity contribution in [1.29, 1.82) is 0 Å². The van der Waals surface area contributed by atoms with Gasteiger partial charge in [-0.1, -0.05) is 59.3 Å². The van der Waals surface area contributed by atoms with Crippen LogP contribution >= 0.6 is 0 Å². The van der Waals surface area contributed by atoms with Crippen molar-refractivity contribution < 1.29 is 0 Å². The van der Waals surface area contributed by atoms with Crippen molar-refractivity contribution in [3.8, 4) is 0 Å². The second-order valence-corrected chi connectivity index (χ2v) is 8.14. The number of nitrogens with zero attached hydrogens (tertiary/aromatic N) is 1. The Bertz CT molecular complexity index is 260. The topological polar surface area (TPSA) is 15.3 Å². The predicted octanol–water partition coefficient (Wildman–Crippen LogP) is 4.84. The minimum absolute atomic E-state index is 0.286. The van der Waals surface area contributed by atoms with E-state index in [0.29, 0.717) is 0 Å². The standard InChI is InChI=1S/C19H40N2/c1-6-7-8-9-10-11-12-13-21-16-19(4,5)20-15-18(21)14-17(2)3/h17-18,20H,6-16H2,1-5H3. The van der Waals surface area contributed by atoms with Crippen LogP contribution in [0.5, 0.6) is 0 Å². The van der Waals surface area contributed by atoms with E-state index >= 15 is 0 Å². The van der Waals surface area contributed by atoms with Gasteiger partial charge >= 0.3 is 0 Å². The van der Waals surface area contributed by atoms with Crippen LogP contribution in [0.2, 0.25) is 0 Å².